The van der Waals surface area contributed by atoms with Gasteiger partial charge in [-0.15, -0.1) is 0 Å². The predicted octanol–water partition coefficient (Wildman–Crippen LogP) is 22.1. The van der Waals surface area contributed by atoms with Crippen LogP contribution < -0.4 is 0 Å². The summed E-state index contributed by atoms with van der Waals surface area (Å²) < 4.78 is 31.4. The highest BCUT2D eigenvalue weighted by molar-refractivity contribution is 6.33. The molecule has 5 nitrogen and oxygen atoms in total. The third kappa shape index (κ3) is 6.41. The van der Waals surface area contributed by atoms with Crippen molar-refractivity contribution in [1.29, 1.82) is 0 Å². The summed E-state index contributed by atoms with van der Waals surface area (Å²) in [7, 11) is 0. The maximum absolute atomic E-state index is 6.52. The van der Waals surface area contributed by atoms with Gasteiger partial charge in [-0.2, -0.15) is 0 Å². The van der Waals surface area contributed by atoms with Crippen molar-refractivity contribution in [1.82, 2.24) is 0 Å². The van der Waals surface area contributed by atoms with Crippen LogP contribution in [0, 0.1) is 0 Å². The summed E-state index contributed by atoms with van der Waals surface area (Å²) in [6.45, 7) is 0. The summed E-state index contributed by atoms with van der Waals surface area (Å²) in [5.74, 6) is 0. The molecular weight excluding hydrogens is 968 g/mol. The molecule has 0 unspecified atom stereocenters. The third-order valence-corrected chi connectivity index (χ3v) is 16.0. The molecule has 5 heterocycles. The SMILES string of the molecule is C.Clc1ccc2oc3ccc4oc5cc6ccccc6cc5c4c3c2c1.c1ccc2cc3c(cc2c1)oc1ccc2oc4ccc(-c5c6ccccc6c(-c6ccc7oc8ccccc8c7c6)c6ccccc56)cc4c2c13. The van der Waals surface area contributed by atoms with Crippen molar-refractivity contribution < 1.29 is 22.1 Å². The fourth-order valence-electron chi connectivity index (χ4n) is 12.4. The molecule has 6 heteroatoms. The summed E-state index contributed by atoms with van der Waals surface area (Å²) in [5, 5.41) is 21.2. The Bertz CT molecular complexity index is 5450. The Kier molecular flexibility index (Phi) is 9.25. The van der Waals surface area contributed by atoms with Gasteiger partial charge in [0, 0.05) is 58.9 Å². The molecule has 0 N–H and O–H groups in total. The van der Waals surface area contributed by atoms with Crippen molar-refractivity contribution in [2.24, 2.45) is 0 Å². The van der Waals surface area contributed by atoms with Crippen LogP contribution in [-0.4, -0.2) is 0 Å². The summed E-state index contributed by atoms with van der Waals surface area (Å²) >= 11 is 6.23. The lowest BCUT2D eigenvalue weighted by Gasteiger charge is -2.18. The second-order valence-corrected chi connectivity index (χ2v) is 20.4. The van der Waals surface area contributed by atoms with Crippen LogP contribution in [0.5, 0.6) is 0 Å². The zero-order chi connectivity index (χ0) is 49.8. The molecular formula is C71H41ClO5. The Balaban J connectivity index is 0.000000160. The molecule has 0 aliphatic carbocycles. The average Bonchev–Trinajstić information content (AvgIpc) is 4.39. The standard InChI is InChI=1S/C48H26O3.C22H11ClO2.CH4/c1-2-10-28-26-44-38(23-27(28)9-1)48-43(51-44)22-21-42-47(48)37-25-30(18-20-41(37)50-42)46-34-14-5-3-12-32(34)45(33-13-4-6-15-35(33)46)29-17-19-40-36(24-29)31-11-7-8-16-39(31)49-40;23-14-5-6-17-16(11-14)22-18(24-17)7-8-19-21(22)15-9-12-3-1-2-4-13(12)10-20(15)25-19;/h1-26H;1-11H;1H4. The molecule has 0 bridgehead atoms. The van der Waals surface area contributed by atoms with Crippen molar-refractivity contribution in [3.8, 4) is 22.3 Å². The van der Waals surface area contributed by atoms with Gasteiger partial charge in [-0.25, -0.2) is 0 Å². The van der Waals surface area contributed by atoms with Crippen molar-refractivity contribution in [3.63, 3.8) is 0 Å². The monoisotopic (exact) mass is 1010 g/mol. The van der Waals surface area contributed by atoms with Gasteiger partial charge in [0.15, 0.2) is 0 Å². The maximum atomic E-state index is 6.52. The van der Waals surface area contributed by atoms with Crippen LogP contribution in [-0.2, 0) is 0 Å². The van der Waals surface area contributed by atoms with Crippen LogP contribution in [0.4, 0.5) is 0 Å². The second-order valence-electron chi connectivity index (χ2n) is 19.9. The van der Waals surface area contributed by atoms with Gasteiger partial charge in [-0.3, -0.25) is 0 Å². The summed E-state index contributed by atoms with van der Waals surface area (Å²) in [6, 6.07) is 78.4. The number of fused-ring (bicyclic) bond motifs is 21. The molecule has 0 radical (unpaired) electrons. The van der Waals surface area contributed by atoms with Gasteiger partial charge in [0.05, 0.1) is 0 Å². The number of para-hydroxylation sites is 1. The molecule has 0 atom stereocenters. The average molecular weight is 1010 g/mol. The van der Waals surface area contributed by atoms with Gasteiger partial charge in [0.25, 0.3) is 0 Å². The molecule has 18 aromatic rings. The molecule has 362 valence electrons. The van der Waals surface area contributed by atoms with E-state index in [1.54, 1.807) is 0 Å². The Labute approximate surface area is 443 Å². The molecule has 0 spiro atoms. The number of hydrogen-bond donors (Lipinski definition) is 0. The van der Waals surface area contributed by atoms with E-state index in [1.807, 2.05) is 60.7 Å². The molecule has 0 aliphatic rings. The Morgan fingerprint density at radius 3 is 1.01 bits per heavy atom. The maximum Gasteiger partial charge on any atom is 0.136 e. The molecule has 13 aromatic carbocycles. The van der Waals surface area contributed by atoms with Crippen LogP contribution in [0.15, 0.2) is 247 Å². The zero-order valence-corrected chi connectivity index (χ0v) is 41.0. The molecule has 0 aliphatic heterocycles. The van der Waals surface area contributed by atoms with Gasteiger partial charge < -0.3 is 22.1 Å². The highest BCUT2D eigenvalue weighted by Gasteiger charge is 2.22. The van der Waals surface area contributed by atoms with E-state index in [9.17, 15) is 0 Å². The fourth-order valence-corrected chi connectivity index (χ4v) is 12.6. The van der Waals surface area contributed by atoms with Crippen LogP contribution >= 0.6 is 11.6 Å². The molecule has 0 saturated heterocycles. The number of halogens is 1. The highest BCUT2D eigenvalue weighted by atomic mass is 35.5. The second kappa shape index (κ2) is 16.3. The minimum atomic E-state index is 0. The van der Waals surface area contributed by atoms with E-state index in [0.717, 1.165) is 115 Å². The van der Waals surface area contributed by atoms with Crippen LogP contribution in [0.1, 0.15) is 7.43 Å². The summed E-state index contributed by atoms with van der Waals surface area (Å²) in [5.41, 5.74) is 13.5. The van der Waals surface area contributed by atoms with E-state index in [1.165, 1.54) is 59.8 Å². The molecule has 0 fully saturated rings. The minimum absolute atomic E-state index is 0. The Hall–Kier alpha value is -9.81. The first-order chi connectivity index (χ1) is 37.5. The lowest BCUT2D eigenvalue weighted by molar-refractivity contribution is 0.663. The van der Waals surface area contributed by atoms with E-state index in [0.29, 0.717) is 5.02 Å². The van der Waals surface area contributed by atoms with Gasteiger partial charge in [-0.1, -0.05) is 146 Å². The quantitative estimate of drug-likeness (QED) is 0.161. The lowest BCUT2D eigenvalue weighted by Crippen LogP contribution is -1.90. The summed E-state index contributed by atoms with van der Waals surface area (Å²) in [4.78, 5) is 0. The number of rotatable bonds is 2. The van der Waals surface area contributed by atoms with Crippen LogP contribution in [0.3, 0.4) is 0 Å². The van der Waals surface area contributed by atoms with Crippen LogP contribution in [0.2, 0.25) is 5.02 Å². The first-order valence-corrected chi connectivity index (χ1v) is 25.8. The van der Waals surface area contributed by atoms with Gasteiger partial charge in [0.1, 0.15) is 55.8 Å². The van der Waals surface area contributed by atoms with E-state index < -0.39 is 0 Å². The van der Waals surface area contributed by atoms with E-state index in [4.69, 9.17) is 33.7 Å². The highest BCUT2D eigenvalue weighted by Crippen LogP contribution is 2.48. The lowest BCUT2D eigenvalue weighted by atomic mass is 9.85. The molecule has 18 rings (SSSR count). The van der Waals surface area contributed by atoms with Crippen molar-refractivity contribution in [3.05, 3.63) is 229 Å². The van der Waals surface area contributed by atoms with E-state index in [2.05, 4.69) is 164 Å². The number of furan rings is 5. The fraction of sp³-hybridized carbons (Fsp3) is 0.0141. The first kappa shape index (κ1) is 43.6. The zero-order valence-electron chi connectivity index (χ0n) is 40.3. The number of hydrogen-bond acceptors (Lipinski definition) is 5. The van der Waals surface area contributed by atoms with Gasteiger partial charge in [0.2, 0.25) is 0 Å². The molecule has 0 saturated carbocycles. The minimum Gasteiger partial charge on any atom is -0.456 e. The molecule has 5 aromatic heterocycles. The van der Waals surface area contributed by atoms with E-state index in [-0.39, 0.29) is 7.43 Å². The molecule has 0 amide bonds. The Morgan fingerprint density at radius 1 is 0.221 bits per heavy atom. The largest absolute Gasteiger partial charge is 0.456 e. The van der Waals surface area contributed by atoms with Crippen molar-refractivity contribution in [2.45, 2.75) is 7.43 Å². The molecule has 77 heavy (non-hydrogen) atoms. The van der Waals surface area contributed by atoms with Gasteiger partial charge in [-0.05, 0) is 162 Å². The number of benzene rings is 13. The Morgan fingerprint density at radius 2 is 0.532 bits per heavy atom. The van der Waals surface area contributed by atoms with Crippen molar-refractivity contribution >= 4 is 164 Å². The smallest absolute Gasteiger partial charge is 0.136 e. The predicted molar refractivity (Wildman–Crippen MR) is 322 cm³/mol. The van der Waals surface area contributed by atoms with Gasteiger partial charge >= 0.3 is 0 Å². The van der Waals surface area contributed by atoms with Crippen LogP contribution in [0.25, 0.3) is 175 Å². The van der Waals surface area contributed by atoms with Crippen molar-refractivity contribution in [2.75, 3.05) is 0 Å². The third-order valence-electron chi connectivity index (χ3n) is 15.7. The normalized spacial score (nSPS) is 12.1. The first-order valence-electron chi connectivity index (χ1n) is 25.5. The topological polar surface area (TPSA) is 65.7 Å². The van der Waals surface area contributed by atoms with E-state index >= 15 is 0 Å². The summed E-state index contributed by atoms with van der Waals surface area (Å²) in [6.07, 6.45) is 0.